The first-order chi connectivity index (χ1) is 5.49. The molecule has 3 atom stereocenters. The first-order valence-electron chi connectivity index (χ1n) is 3.52. The maximum absolute atomic E-state index is 9.12. The molecular weight excluding hydrogens is 168 g/mol. The summed E-state index contributed by atoms with van der Waals surface area (Å²) in [6.07, 6.45) is -4.17. The van der Waals surface area contributed by atoms with Gasteiger partial charge in [0, 0.05) is 0 Å². The largest absolute Gasteiger partial charge is 0.394 e. The third-order valence-electron chi connectivity index (χ3n) is 1.87. The lowest BCUT2D eigenvalue weighted by atomic mass is 9.98. The lowest BCUT2D eigenvalue weighted by Crippen LogP contribution is -2.61. The average molecular weight is 180 g/mol. The van der Waals surface area contributed by atoms with Crippen LogP contribution in [-0.2, 0) is 4.74 Å². The number of ether oxygens (including phenoxy) is 1. The lowest BCUT2D eigenvalue weighted by Gasteiger charge is -2.39. The van der Waals surface area contributed by atoms with Gasteiger partial charge in [-0.1, -0.05) is 0 Å². The van der Waals surface area contributed by atoms with Gasteiger partial charge in [-0.2, -0.15) is 0 Å². The molecule has 0 radical (unpaired) electrons. The van der Waals surface area contributed by atoms with E-state index in [0.717, 1.165) is 0 Å². The van der Waals surface area contributed by atoms with Crippen LogP contribution in [0.2, 0.25) is 0 Å². The number of hydrogen-bond donors (Lipinski definition) is 5. The van der Waals surface area contributed by atoms with Crippen molar-refractivity contribution in [3.63, 3.8) is 0 Å². The van der Waals surface area contributed by atoms with Gasteiger partial charge in [0.15, 0.2) is 0 Å². The van der Waals surface area contributed by atoms with Gasteiger partial charge in [0.1, 0.15) is 24.9 Å². The molecule has 0 bridgehead atoms. The maximum Gasteiger partial charge on any atom is 0.216 e. The van der Waals surface area contributed by atoms with E-state index in [1.807, 2.05) is 0 Å². The van der Waals surface area contributed by atoms with Gasteiger partial charge in [0.2, 0.25) is 5.79 Å². The van der Waals surface area contributed by atoms with Crippen molar-refractivity contribution in [1.82, 2.24) is 0 Å². The summed E-state index contributed by atoms with van der Waals surface area (Å²) in [5.74, 6) is -2.44. The van der Waals surface area contributed by atoms with Crippen LogP contribution >= 0.6 is 0 Å². The molecule has 0 amide bonds. The molecule has 1 rings (SSSR count). The van der Waals surface area contributed by atoms with Crippen LogP contribution in [0.4, 0.5) is 0 Å². The number of aliphatic hydroxyl groups is 5. The van der Waals surface area contributed by atoms with Gasteiger partial charge in [-0.05, 0) is 0 Å². The molecule has 72 valence electrons. The van der Waals surface area contributed by atoms with Gasteiger partial charge in [0.25, 0.3) is 0 Å². The van der Waals surface area contributed by atoms with Crippen LogP contribution in [0.25, 0.3) is 0 Å². The maximum atomic E-state index is 9.12. The zero-order chi connectivity index (χ0) is 9.35. The van der Waals surface area contributed by atoms with Crippen LogP contribution in [0.5, 0.6) is 0 Å². The standard InChI is InChI=1S/C6H12O6/c7-1-3-4(8)5(9)6(10,11)2-12-3/h3-5,7-11H,1-2H2/t3-,4-,5+/m1/s1. The molecular formula is C6H12O6. The predicted molar refractivity (Wildman–Crippen MR) is 36.0 cm³/mol. The summed E-state index contributed by atoms with van der Waals surface area (Å²) in [5, 5.41) is 44.7. The van der Waals surface area contributed by atoms with E-state index in [1.165, 1.54) is 0 Å². The normalized spacial score (nSPS) is 41.2. The molecule has 1 aliphatic heterocycles. The lowest BCUT2D eigenvalue weighted by molar-refractivity contribution is -0.319. The molecule has 1 aliphatic rings. The Kier molecular flexibility index (Phi) is 2.67. The minimum Gasteiger partial charge on any atom is -0.394 e. The average Bonchev–Trinajstić information content (AvgIpc) is 2.01. The summed E-state index contributed by atoms with van der Waals surface area (Å²) in [7, 11) is 0. The van der Waals surface area contributed by atoms with Gasteiger partial charge in [0.05, 0.1) is 6.61 Å². The van der Waals surface area contributed by atoms with Crippen LogP contribution in [0, 0.1) is 0 Å². The highest BCUT2D eigenvalue weighted by Gasteiger charge is 2.46. The number of rotatable bonds is 1. The molecule has 12 heavy (non-hydrogen) atoms. The third-order valence-corrected chi connectivity index (χ3v) is 1.87. The monoisotopic (exact) mass is 180 g/mol. The van der Waals surface area contributed by atoms with Gasteiger partial charge in [-0.15, -0.1) is 0 Å². The highest BCUT2D eigenvalue weighted by Crippen LogP contribution is 2.21. The summed E-state index contributed by atoms with van der Waals surface area (Å²) >= 11 is 0. The molecule has 1 saturated heterocycles. The zero-order valence-electron chi connectivity index (χ0n) is 6.29. The van der Waals surface area contributed by atoms with Crippen molar-refractivity contribution in [3.05, 3.63) is 0 Å². The van der Waals surface area contributed by atoms with Gasteiger partial charge < -0.3 is 30.3 Å². The summed E-state index contributed by atoms with van der Waals surface area (Å²) in [4.78, 5) is 0. The summed E-state index contributed by atoms with van der Waals surface area (Å²) < 4.78 is 4.67. The van der Waals surface area contributed by atoms with E-state index in [-0.39, 0.29) is 0 Å². The van der Waals surface area contributed by atoms with Crippen LogP contribution in [0.1, 0.15) is 0 Å². The molecule has 0 spiro atoms. The predicted octanol–water partition coefficient (Wildman–Crippen LogP) is -3.22. The Morgan fingerprint density at radius 2 is 1.92 bits per heavy atom. The molecule has 0 aromatic rings. The first-order valence-corrected chi connectivity index (χ1v) is 3.52. The second-order valence-electron chi connectivity index (χ2n) is 2.85. The molecule has 1 fully saturated rings. The Labute approximate surface area is 68.6 Å². The number of hydrogen-bond acceptors (Lipinski definition) is 6. The summed E-state index contributed by atoms with van der Waals surface area (Å²) in [6, 6.07) is 0. The van der Waals surface area contributed by atoms with Crippen molar-refractivity contribution in [3.8, 4) is 0 Å². The minimum atomic E-state index is -2.44. The fourth-order valence-corrected chi connectivity index (χ4v) is 1.05. The van der Waals surface area contributed by atoms with E-state index < -0.39 is 37.3 Å². The van der Waals surface area contributed by atoms with Crippen molar-refractivity contribution in [1.29, 1.82) is 0 Å². The SMILES string of the molecule is OC[C@H]1OCC(O)(O)[C@@H](O)[C@@H]1O. The highest BCUT2D eigenvalue weighted by atomic mass is 16.6. The highest BCUT2D eigenvalue weighted by molar-refractivity contribution is 4.90. The fraction of sp³-hybridized carbons (Fsp3) is 1.00. The van der Waals surface area contributed by atoms with E-state index in [9.17, 15) is 0 Å². The first kappa shape index (κ1) is 9.85. The van der Waals surface area contributed by atoms with Crippen LogP contribution in [-0.4, -0.2) is 62.8 Å². The molecule has 0 aromatic heterocycles. The molecule has 1 heterocycles. The van der Waals surface area contributed by atoms with Crippen LogP contribution < -0.4 is 0 Å². The smallest absolute Gasteiger partial charge is 0.216 e. The van der Waals surface area contributed by atoms with Gasteiger partial charge in [-0.25, -0.2) is 0 Å². The minimum absolute atomic E-state index is 0.478. The van der Waals surface area contributed by atoms with E-state index in [0.29, 0.717) is 0 Å². The van der Waals surface area contributed by atoms with Gasteiger partial charge >= 0.3 is 0 Å². The number of aliphatic hydroxyl groups excluding tert-OH is 3. The van der Waals surface area contributed by atoms with E-state index in [4.69, 9.17) is 25.5 Å². The quantitative estimate of drug-likeness (QED) is 0.271. The van der Waals surface area contributed by atoms with E-state index in [1.54, 1.807) is 0 Å². The Morgan fingerprint density at radius 3 is 2.42 bits per heavy atom. The molecule has 0 aliphatic carbocycles. The molecule has 6 heteroatoms. The van der Waals surface area contributed by atoms with Crippen LogP contribution in [0.3, 0.4) is 0 Å². The Balaban J connectivity index is 2.65. The summed E-state index contributed by atoms with van der Waals surface area (Å²) in [6.45, 7) is -1.01. The van der Waals surface area contributed by atoms with E-state index >= 15 is 0 Å². The fourth-order valence-electron chi connectivity index (χ4n) is 1.05. The molecule has 0 unspecified atom stereocenters. The van der Waals surface area contributed by atoms with Crippen molar-refractivity contribution < 1.29 is 30.3 Å². The van der Waals surface area contributed by atoms with Crippen molar-refractivity contribution in [2.75, 3.05) is 13.2 Å². The Morgan fingerprint density at radius 1 is 1.33 bits per heavy atom. The third kappa shape index (κ3) is 1.58. The van der Waals surface area contributed by atoms with Crippen molar-refractivity contribution in [2.45, 2.75) is 24.1 Å². The van der Waals surface area contributed by atoms with E-state index in [2.05, 4.69) is 4.74 Å². The second kappa shape index (κ2) is 3.25. The van der Waals surface area contributed by atoms with Crippen LogP contribution in [0.15, 0.2) is 0 Å². The van der Waals surface area contributed by atoms with Crippen molar-refractivity contribution >= 4 is 0 Å². The topological polar surface area (TPSA) is 110 Å². The molecule has 5 N–H and O–H groups in total. The Hall–Kier alpha value is -0.240. The summed E-state index contributed by atoms with van der Waals surface area (Å²) in [5.41, 5.74) is 0. The molecule has 6 nitrogen and oxygen atoms in total. The Bertz CT molecular complexity index is 158. The molecule has 0 saturated carbocycles. The molecule has 0 aromatic carbocycles. The zero-order valence-corrected chi connectivity index (χ0v) is 6.29. The van der Waals surface area contributed by atoms with Crippen molar-refractivity contribution in [2.24, 2.45) is 0 Å². The van der Waals surface area contributed by atoms with Gasteiger partial charge in [-0.3, -0.25) is 0 Å². The second-order valence-corrected chi connectivity index (χ2v) is 2.85.